The number of aromatic nitrogens is 3. The van der Waals surface area contributed by atoms with Crippen molar-refractivity contribution in [3.8, 4) is 0 Å². The molecule has 1 saturated heterocycles. The van der Waals surface area contributed by atoms with Gasteiger partial charge in [0.15, 0.2) is 0 Å². The number of hydrogen-bond acceptors (Lipinski definition) is 7. The van der Waals surface area contributed by atoms with Gasteiger partial charge in [-0.2, -0.15) is 20.1 Å². The highest BCUT2D eigenvalue weighted by Crippen LogP contribution is 2.25. The lowest BCUT2D eigenvalue weighted by Gasteiger charge is -2.30. The summed E-state index contributed by atoms with van der Waals surface area (Å²) >= 11 is 5.95. The van der Waals surface area contributed by atoms with Gasteiger partial charge in [-0.3, -0.25) is 0 Å². The van der Waals surface area contributed by atoms with Crippen LogP contribution < -0.4 is 15.6 Å². The van der Waals surface area contributed by atoms with E-state index >= 15 is 0 Å². The van der Waals surface area contributed by atoms with Gasteiger partial charge in [0.1, 0.15) is 0 Å². The van der Waals surface area contributed by atoms with Crippen LogP contribution in [0.4, 0.5) is 23.5 Å². The Kier molecular flexibility index (Phi) is 6.85. The van der Waals surface area contributed by atoms with Gasteiger partial charge in [-0.05, 0) is 67.5 Å². The Morgan fingerprint density at radius 3 is 2.47 bits per heavy atom. The molecule has 32 heavy (non-hydrogen) atoms. The van der Waals surface area contributed by atoms with E-state index in [1.165, 1.54) is 5.56 Å². The van der Waals surface area contributed by atoms with Gasteiger partial charge < -0.3 is 10.2 Å². The van der Waals surface area contributed by atoms with E-state index in [1.807, 2.05) is 36.4 Å². The Morgan fingerprint density at radius 1 is 1.00 bits per heavy atom. The molecule has 1 aliphatic rings. The van der Waals surface area contributed by atoms with E-state index in [1.54, 1.807) is 6.21 Å². The molecular weight excluding hydrogens is 422 g/mol. The van der Waals surface area contributed by atoms with Crippen LogP contribution in [0.3, 0.4) is 0 Å². The third kappa shape index (κ3) is 5.53. The van der Waals surface area contributed by atoms with Crippen molar-refractivity contribution in [2.45, 2.75) is 33.6 Å². The summed E-state index contributed by atoms with van der Waals surface area (Å²) in [5, 5.41) is 8.35. The highest BCUT2D eigenvalue weighted by molar-refractivity contribution is 6.30. The summed E-state index contributed by atoms with van der Waals surface area (Å²) < 4.78 is 0. The summed E-state index contributed by atoms with van der Waals surface area (Å²) in [6.45, 7) is 8.33. The van der Waals surface area contributed by atoms with Crippen LogP contribution in [0.1, 0.15) is 36.5 Å². The lowest BCUT2D eigenvalue weighted by Crippen LogP contribution is -2.34. The minimum Gasteiger partial charge on any atom is -0.341 e. The zero-order valence-electron chi connectivity index (χ0n) is 18.6. The Hall–Kier alpha value is -3.19. The Morgan fingerprint density at radius 2 is 1.72 bits per heavy atom. The van der Waals surface area contributed by atoms with Gasteiger partial charge in [-0.1, -0.05) is 42.8 Å². The molecule has 0 radical (unpaired) electrons. The normalized spacial score (nSPS) is 14.7. The maximum absolute atomic E-state index is 5.95. The number of nitrogens with zero attached hydrogens (tertiary/aromatic N) is 5. The number of piperidine rings is 1. The Bertz CT molecular complexity index is 1090. The van der Waals surface area contributed by atoms with Crippen molar-refractivity contribution >= 4 is 41.3 Å². The van der Waals surface area contributed by atoms with Crippen molar-refractivity contribution in [3.05, 3.63) is 64.2 Å². The van der Waals surface area contributed by atoms with Gasteiger partial charge in [0, 0.05) is 23.8 Å². The van der Waals surface area contributed by atoms with Crippen LogP contribution in [0.25, 0.3) is 0 Å². The van der Waals surface area contributed by atoms with Crippen molar-refractivity contribution in [3.63, 3.8) is 0 Å². The third-order valence-corrected chi connectivity index (χ3v) is 6.04. The molecule has 1 aliphatic heterocycles. The largest absolute Gasteiger partial charge is 0.341 e. The van der Waals surface area contributed by atoms with E-state index < -0.39 is 0 Å². The van der Waals surface area contributed by atoms with E-state index in [4.69, 9.17) is 16.6 Å². The van der Waals surface area contributed by atoms with Gasteiger partial charge in [0.2, 0.25) is 17.8 Å². The summed E-state index contributed by atoms with van der Waals surface area (Å²) in [5.41, 5.74) is 7.23. The van der Waals surface area contributed by atoms with Gasteiger partial charge >= 0.3 is 0 Å². The molecule has 0 unspecified atom stereocenters. The average molecular weight is 450 g/mol. The van der Waals surface area contributed by atoms with Gasteiger partial charge in [0.25, 0.3) is 0 Å². The van der Waals surface area contributed by atoms with Gasteiger partial charge in [0.05, 0.1) is 6.21 Å². The highest BCUT2D eigenvalue weighted by Gasteiger charge is 2.20. The van der Waals surface area contributed by atoms with Crippen molar-refractivity contribution in [2.75, 3.05) is 28.7 Å². The third-order valence-electron chi connectivity index (χ3n) is 5.79. The quantitative estimate of drug-likeness (QED) is 0.378. The van der Waals surface area contributed by atoms with Gasteiger partial charge in [-0.25, -0.2) is 5.43 Å². The number of nitrogens with one attached hydrogen (secondary N) is 2. The Balaban J connectivity index is 1.59. The van der Waals surface area contributed by atoms with Crippen LogP contribution in [0.5, 0.6) is 0 Å². The van der Waals surface area contributed by atoms with E-state index in [0.29, 0.717) is 22.9 Å². The molecule has 2 N–H and O–H groups in total. The number of anilines is 4. The van der Waals surface area contributed by atoms with Crippen LogP contribution >= 0.6 is 11.6 Å². The molecule has 0 amide bonds. The molecule has 166 valence electrons. The monoisotopic (exact) mass is 449 g/mol. The first-order chi connectivity index (χ1) is 15.5. The summed E-state index contributed by atoms with van der Waals surface area (Å²) in [6, 6.07) is 13.6. The van der Waals surface area contributed by atoms with E-state index in [-0.39, 0.29) is 0 Å². The second-order valence-electron chi connectivity index (χ2n) is 8.25. The fourth-order valence-corrected chi connectivity index (χ4v) is 3.67. The number of hydrogen-bond donors (Lipinski definition) is 2. The first kappa shape index (κ1) is 22.0. The molecule has 7 nitrogen and oxygen atoms in total. The number of benzene rings is 2. The highest BCUT2D eigenvalue weighted by atomic mass is 35.5. The maximum Gasteiger partial charge on any atom is 0.250 e. The molecule has 4 rings (SSSR count). The van der Waals surface area contributed by atoms with Crippen molar-refractivity contribution < 1.29 is 0 Å². The minimum atomic E-state index is 0.395. The predicted molar refractivity (Wildman–Crippen MR) is 132 cm³/mol. The predicted octanol–water partition coefficient (Wildman–Crippen LogP) is 5.57. The first-order valence-electron chi connectivity index (χ1n) is 10.9. The lowest BCUT2D eigenvalue weighted by atomic mass is 10.00. The second-order valence-corrected chi connectivity index (χ2v) is 8.68. The van der Waals surface area contributed by atoms with Crippen molar-refractivity contribution in [2.24, 2.45) is 11.0 Å². The molecule has 0 atom stereocenters. The topological polar surface area (TPSA) is 78.3 Å². The standard InChI is InChI=1S/C24H28ClN7/c1-16-11-13-32(14-12-16)24-29-22(27-21-6-4-5-17(2)18(21)3)28-23(30-24)31-26-15-19-7-9-20(25)10-8-19/h4-10,15-16H,11-14H2,1-3H3,(H2,27,28,29,30,31)/b26-15+. The van der Waals surface area contributed by atoms with Crippen LogP contribution in [-0.4, -0.2) is 34.3 Å². The molecule has 0 spiro atoms. The summed E-state index contributed by atoms with van der Waals surface area (Å²) in [5.74, 6) is 2.27. The van der Waals surface area contributed by atoms with Gasteiger partial charge in [-0.15, -0.1) is 0 Å². The second kappa shape index (κ2) is 9.96. The molecule has 0 aliphatic carbocycles. The first-order valence-corrected chi connectivity index (χ1v) is 11.2. The number of hydrazone groups is 1. The fraction of sp³-hybridized carbons (Fsp3) is 0.333. The van der Waals surface area contributed by atoms with Crippen LogP contribution in [0.15, 0.2) is 47.6 Å². The molecule has 1 aromatic heterocycles. The lowest BCUT2D eigenvalue weighted by molar-refractivity contribution is 0.434. The molecule has 8 heteroatoms. The summed E-state index contributed by atoms with van der Waals surface area (Å²) in [4.78, 5) is 16.1. The van der Waals surface area contributed by atoms with E-state index in [9.17, 15) is 0 Å². The summed E-state index contributed by atoms with van der Waals surface area (Å²) in [6.07, 6.45) is 3.96. The molecule has 0 saturated carbocycles. The zero-order chi connectivity index (χ0) is 22.5. The maximum atomic E-state index is 5.95. The molecule has 2 aromatic carbocycles. The molecule has 3 aromatic rings. The minimum absolute atomic E-state index is 0.395. The van der Waals surface area contributed by atoms with E-state index in [0.717, 1.165) is 48.7 Å². The van der Waals surface area contributed by atoms with Crippen molar-refractivity contribution in [1.29, 1.82) is 0 Å². The molecule has 2 heterocycles. The SMILES string of the molecule is Cc1cccc(Nc2nc(N/N=C/c3ccc(Cl)cc3)nc(N3CCC(C)CC3)n2)c1C. The van der Waals surface area contributed by atoms with Crippen molar-refractivity contribution in [1.82, 2.24) is 15.0 Å². The smallest absolute Gasteiger partial charge is 0.250 e. The number of rotatable bonds is 6. The molecule has 0 bridgehead atoms. The van der Waals surface area contributed by atoms with E-state index in [2.05, 4.69) is 57.5 Å². The summed E-state index contributed by atoms with van der Waals surface area (Å²) in [7, 11) is 0. The van der Waals surface area contributed by atoms with Crippen LogP contribution in [-0.2, 0) is 0 Å². The Labute approximate surface area is 194 Å². The fourth-order valence-electron chi connectivity index (χ4n) is 3.54. The zero-order valence-corrected chi connectivity index (χ0v) is 19.4. The van der Waals surface area contributed by atoms with Crippen LogP contribution in [0.2, 0.25) is 5.02 Å². The number of halogens is 1. The van der Waals surface area contributed by atoms with Crippen LogP contribution in [0, 0.1) is 19.8 Å². The molecular formula is C24H28ClN7. The average Bonchev–Trinajstić information content (AvgIpc) is 2.79. The molecule has 1 fully saturated rings. The number of aryl methyl sites for hydroxylation is 1.